The van der Waals surface area contributed by atoms with Crippen LogP contribution in [-0.4, -0.2) is 24.2 Å². The molecule has 0 aliphatic rings. The van der Waals surface area contributed by atoms with Crippen molar-refractivity contribution in [3.05, 3.63) is 16.6 Å². The number of nitrogens with zero attached hydrogens (tertiary/aromatic N) is 1. The minimum atomic E-state index is -0.0519. The zero-order valence-electron chi connectivity index (χ0n) is 10.6. The zero-order chi connectivity index (χ0) is 12.0. The summed E-state index contributed by atoms with van der Waals surface area (Å²) in [5, 5.41) is 5.59. The first-order chi connectivity index (χ1) is 7.59. The molecule has 1 rings (SSSR count). The Bertz CT molecular complexity index is 285. The van der Waals surface area contributed by atoms with E-state index in [1.807, 2.05) is 5.51 Å². The van der Waals surface area contributed by atoms with Crippen molar-refractivity contribution in [2.45, 2.75) is 45.3 Å². The topological polar surface area (TPSA) is 34.1 Å². The van der Waals surface area contributed by atoms with Crippen LogP contribution in [-0.2, 0) is 4.74 Å². The molecule has 4 heteroatoms. The lowest BCUT2D eigenvalue weighted by atomic mass is 9.97. The highest BCUT2D eigenvalue weighted by molar-refractivity contribution is 7.07. The smallest absolute Gasteiger partial charge is 0.0795 e. The number of aromatic nitrogens is 1. The van der Waals surface area contributed by atoms with Gasteiger partial charge in [-0.2, -0.15) is 0 Å². The Balaban J connectivity index is 2.53. The minimum absolute atomic E-state index is 0.0519. The Morgan fingerprint density at radius 2 is 2.31 bits per heavy atom. The summed E-state index contributed by atoms with van der Waals surface area (Å²) in [6, 6.07) is 0.352. The lowest BCUT2D eigenvalue weighted by Crippen LogP contribution is -2.27. The fourth-order valence-electron chi connectivity index (χ4n) is 1.59. The quantitative estimate of drug-likeness (QED) is 0.798. The highest BCUT2D eigenvalue weighted by Gasteiger charge is 2.20. The van der Waals surface area contributed by atoms with Gasteiger partial charge in [0.05, 0.1) is 22.8 Å². The number of hydrogen-bond acceptors (Lipinski definition) is 4. The number of rotatable bonds is 7. The summed E-state index contributed by atoms with van der Waals surface area (Å²) in [5.41, 5.74) is 2.99. The van der Waals surface area contributed by atoms with Crippen LogP contribution in [0.25, 0.3) is 0 Å². The zero-order valence-corrected chi connectivity index (χ0v) is 11.4. The molecule has 0 amide bonds. The third-order valence-electron chi connectivity index (χ3n) is 2.85. The average molecular weight is 242 g/mol. The Labute approximate surface area is 102 Å². The summed E-state index contributed by atoms with van der Waals surface area (Å²) in [4.78, 5) is 4.38. The lowest BCUT2D eigenvalue weighted by Gasteiger charge is -2.25. The Kier molecular flexibility index (Phi) is 5.38. The molecule has 92 valence electrons. The third kappa shape index (κ3) is 4.20. The molecule has 1 aromatic heterocycles. The molecule has 0 radical (unpaired) electrons. The van der Waals surface area contributed by atoms with Crippen LogP contribution in [0.2, 0.25) is 0 Å². The third-order valence-corrected chi connectivity index (χ3v) is 3.45. The molecule has 0 bridgehead atoms. The molecular weight excluding hydrogens is 220 g/mol. The van der Waals surface area contributed by atoms with Gasteiger partial charge in [-0.3, -0.25) is 0 Å². The van der Waals surface area contributed by atoms with Crippen molar-refractivity contribution in [3.63, 3.8) is 0 Å². The predicted molar refractivity (Wildman–Crippen MR) is 68.9 cm³/mol. The summed E-state index contributed by atoms with van der Waals surface area (Å²) < 4.78 is 5.44. The van der Waals surface area contributed by atoms with E-state index in [0.29, 0.717) is 6.04 Å². The number of ether oxygens (including phenoxy) is 1. The van der Waals surface area contributed by atoms with Gasteiger partial charge in [0, 0.05) is 12.5 Å². The van der Waals surface area contributed by atoms with Crippen molar-refractivity contribution >= 4 is 11.3 Å². The summed E-state index contributed by atoms with van der Waals surface area (Å²) >= 11 is 1.65. The molecule has 1 aromatic rings. The maximum atomic E-state index is 5.44. The first-order valence-electron chi connectivity index (χ1n) is 5.75. The van der Waals surface area contributed by atoms with Gasteiger partial charge in [0.1, 0.15) is 0 Å². The average Bonchev–Trinajstić information content (AvgIpc) is 2.77. The van der Waals surface area contributed by atoms with Gasteiger partial charge < -0.3 is 10.1 Å². The molecule has 0 saturated carbocycles. The second-order valence-electron chi connectivity index (χ2n) is 4.53. The molecular formula is C12H22N2OS. The van der Waals surface area contributed by atoms with Gasteiger partial charge in [0.15, 0.2) is 0 Å². The molecule has 0 aliphatic heterocycles. The summed E-state index contributed by atoms with van der Waals surface area (Å²) in [6.45, 7) is 7.34. The van der Waals surface area contributed by atoms with Crippen molar-refractivity contribution in [3.8, 4) is 0 Å². The Hall–Kier alpha value is -0.450. The second kappa shape index (κ2) is 6.33. The number of thiazole rings is 1. The van der Waals surface area contributed by atoms with Crippen LogP contribution in [0.4, 0.5) is 0 Å². The highest BCUT2D eigenvalue weighted by Crippen LogP contribution is 2.24. The minimum Gasteiger partial charge on any atom is -0.379 e. The predicted octanol–water partition coefficient (Wildman–Crippen LogP) is 3.00. The maximum absolute atomic E-state index is 5.44. The first-order valence-corrected chi connectivity index (χ1v) is 6.70. The van der Waals surface area contributed by atoms with Crippen LogP contribution < -0.4 is 5.32 Å². The van der Waals surface area contributed by atoms with E-state index in [0.717, 1.165) is 25.1 Å². The van der Waals surface area contributed by atoms with Crippen molar-refractivity contribution in [1.82, 2.24) is 10.3 Å². The van der Waals surface area contributed by atoms with Gasteiger partial charge in [0.25, 0.3) is 0 Å². The fourth-order valence-corrected chi connectivity index (χ4v) is 2.20. The molecule has 1 unspecified atom stereocenters. The largest absolute Gasteiger partial charge is 0.379 e. The van der Waals surface area contributed by atoms with Gasteiger partial charge in [0.2, 0.25) is 0 Å². The number of hydrogen-bond donors (Lipinski definition) is 1. The van der Waals surface area contributed by atoms with E-state index in [1.165, 1.54) is 0 Å². The van der Waals surface area contributed by atoms with E-state index in [-0.39, 0.29) is 5.60 Å². The van der Waals surface area contributed by atoms with E-state index in [9.17, 15) is 0 Å². The first kappa shape index (κ1) is 13.6. The molecule has 1 heterocycles. The maximum Gasteiger partial charge on any atom is 0.0795 e. The van der Waals surface area contributed by atoms with E-state index in [1.54, 1.807) is 18.4 Å². The van der Waals surface area contributed by atoms with E-state index in [4.69, 9.17) is 4.74 Å². The SMILES string of the molecule is CCNC(CCC(C)(C)OC)c1cscn1. The van der Waals surface area contributed by atoms with E-state index in [2.05, 4.69) is 36.5 Å². The van der Waals surface area contributed by atoms with Crippen LogP contribution in [0, 0.1) is 0 Å². The molecule has 0 aromatic carbocycles. The van der Waals surface area contributed by atoms with Crippen molar-refractivity contribution in [2.75, 3.05) is 13.7 Å². The lowest BCUT2D eigenvalue weighted by molar-refractivity contribution is 0.0116. The molecule has 0 spiro atoms. The number of methoxy groups -OCH3 is 1. The van der Waals surface area contributed by atoms with E-state index < -0.39 is 0 Å². The molecule has 1 N–H and O–H groups in total. The van der Waals surface area contributed by atoms with Crippen LogP contribution in [0.1, 0.15) is 45.3 Å². The van der Waals surface area contributed by atoms with Crippen molar-refractivity contribution in [1.29, 1.82) is 0 Å². The van der Waals surface area contributed by atoms with Crippen LogP contribution in [0.15, 0.2) is 10.9 Å². The normalized spacial score (nSPS) is 14.0. The van der Waals surface area contributed by atoms with Gasteiger partial charge in [-0.1, -0.05) is 6.92 Å². The fraction of sp³-hybridized carbons (Fsp3) is 0.750. The molecule has 0 saturated heterocycles. The van der Waals surface area contributed by atoms with Crippen molar-refractivity contribution in [2.24, 2.45) is 0 Å². The molecule has 16 heavy (non-hydrogen) atoms. The van der Waals surface area contributed by atoms with Gasteiger partial charge in [-0.05, 0) is 33.2 Å². The van der Waals surface area contributed by atoms with Crippen LogP contribution in [0.3, 0.4) is 0 Å². The molecule has 0 fully saturated rings. The molecule has 0 aliphatic carbocycles. The van der Waals surface area contributed by atoms with Crippen LogP contribution >= 0.6 is 11.3 Å². The molecule has 3 nitrogen and oxygen atoms in total. The van der Waals surface area contributed by atoms with Crippen molar-refractivity contribution < 1.29 is 4.74 Å². The standard InChI is InChI=1S/C12H22N2OS/c1-5-13-10(11-8-16-9-14-11)6-7-12(2,3)15-4/h8-10,13H,5-7H2,1-4H3. The van der Waals surface area contributed by atoms with Crippen LogP contribution in [0.5, 0.6) is 0 Å². The van der Waals surface area contributed by atoms with Gasteiger partial charge >= 0.3 is 0 Å². The van der Waals surface area contributed by atoms with E-state index >= 15 is 0 Å². The summed E-state index contributed by atoms with van der Waals surface area (Å²) in [5.74, 6) is 0. The number of nitrogens with one attached hydrogen (secondary N) is 1. The Morgan fingerprint density at radius 1 is 1.56 bits per heavy atom. The summed E-state index contributed by atoms with van der Waals surface area (Å²) in [7, 11) is 1.77. The monoisotopic (exact) mass is 242 g/mol. The molecule has 1 atom stereocenters. The van der Waals surface area contributed by atoms with Gasteiger partial charge in [-0.15, -0.1) is 11.3 Å². The summed E-state index contributed by atoms with van der Waals surface area (Å²) in [6.07, 6.45) is 2.08. The highest BCUT2D eigenvalue weighted by atomic mass is 32.1. The Morgan fingerprint density at radius 3 is 2.81 bits per heavy atom. The second-order valence-corrected chi connectivity index (χ2v) is 5.24. The van der Waals surface area contributed by atoms with Gasteiger partial charge in [-0.25, -0.2) is 4.98 Å².